The van der Waals surface area contributed by atoms with Gasteiger partial charge in [-0.2, -0.15) is 4.31 Å². The maximum atomic E-state index is 13.1. The molecule has 1 N–H and O–H groups in total. The van der Waals surface area contributed by atoms with Crippen LogP contribution < -0.4 is 10.1 Å². The van der Waals surface area contributed by atoms with Gasteiger partial charge in [0.05, 0.1) is 37.4 Å². The summed E-state index contributed by atoms with van der Waals surface area (Å²) in [4.78, 5) is 25.7. The van der Waals surface area contributed by atoms with Crippen LogP contribution in [0.4, 0.5) is 0 Å². The number of amides is 1. The van der Waals surface area contributed by atoms with Crippen molar-refractivity contribution in [2.45, 2.75) is 43.0 Å². The number of hydrogen-bond acceptors (Lipinski definition) is 7. The Morgan fingerprint density at radius 2 is 1.87 bits per heavy atom. The molecule has 9 nitrogen and oxygen atoms in total. The molecular weight excluding hydrogens is 412 g/mol. The van der Waals surface area contributed by atoms with Crippen molar-refractivity contribution >= 4 is 21.9 Å². The topological polar surface area (TPSA) is 111 Å². The van der Waals surface area contributed by atoms with Crippen LogP contribution in [0, 0.1) is 0 Å². The van der Waals surface area contributed by atoms with Crippen molar-refractivity contribution in [3.8, 4) is 5.75 Å². The molecule has 0 aromatic heterocycles. The van der Waals surface area contributed by atoms with Crippen LogP contribution in [0.1, 0.15) is 43.0 Å². The van der Waals surface area contributed by atoms with Gasteiger partial charge in [0, 0.05) is 13.1 Å². The Kier molecular flexibility index (Phi) is 6.99. The molecule has 1 amide bonds. The van der Waals surface area contributed by atoms with E-state index in [4.69, 9.17) is 14.2 Å². The van der Waals surface area contributed by atoms with Crippen molar-refractivity contribution in [3.63, 3.8) is 0 Å². The molecule has 1 aromatic carbocycles. The summed E-state index contributed by atoms with van der Waals surface area (Å²) in [6.07, 6.45) is 2.54. The van der Waals surface area contributed by atoms with Crippen LogP contribution >= 0.6 is 0 Å². The molecule has 1 saturated carbocycles. The molecule has 2 aliphatic rings. The highest BCUT2D eigenvalue weighted by molar-refractivity contribution is 7.89. The van der Waals surface area contributed by atoms with E-state index in [1.165, 1.54) is 29.6 Å². The minimum Gasteiger partial charge on any atom is -0.496 e. The average Bonchev–Trinajstić information content (AvgIpc) is 3.23. The van der Waals surface area contributed by atoms with Crippen LogP contribution in [0.25, 0.3) is 0 Å². The van der Waals surface area contributed by atoms with Crippen molar-refractivity contribution < 1.29 is 32.2 Å². The molecule has 0 unspecified atom stereocenters. The lowest BCUT2D eigenvalue weighted by atomic mass is 9.97. The molecule has 0 radical (unpaired) electrons. The molecule has 30 heavy (non-hydrogen) atoms. The number of methoxy groups -OCH3 is 1. The normalized spacial score (nSPS) is 19.3. The van der Waals surface area contributed by atoms with Crippen LogP contribution in [-0.2, 0) is 24.3 Å². The first kappa shape index (κ1) is 22.5. The number of hydrogen-bond donors (Lipinski definition) is 1. The van der Waals surface area contributed by atoms with Crippen LogP contribution in [-0.4, -0.2) is 70.2 Å². The highest BCUT2D eigenvalue weighted by atomic mass is 32.2. The molecule has 0 atom stereocenters. The summed E-state index contributed by atoms with van der Waals surface area (Å²) < 4.78 is 43.0. The van der Waals surface area contributed by atoms with Crippen LogP contribution in [0.5, 0.6) is 5.75 Å². The zero-order valence-corrected chi connectivity index (χ0v) is 18.1. The first-order chi connectivity index (χ1) is 14.3. The minimum absolute atomic E-state index is 0.00745. The Morgan fingerprint density at radius 3 is 2.47 bits per heavy atom. The summed E-state index contributed by atoms with van der Waals surface area (Å²) in [5.74, 6) is -0.807. The quantitative estimate of drug-likeness (QED) is 0.637. The van der Waals surface area contributed by atoms with Gasteiger partial charge in [-0.3, -0.25) is 4.79 Å². The SMILES string of the molecule is CCOC(=O)C1(NC(=O)c2cc(S(=O)(=O)N3CCOCC3)ccc2OC)CCCC1. The lowest BCUT2D eigenvalue weighted by Gasteiger charge is -2.28. The molecule has 1 heterocycles. The third-order valence-corrected chi connectivity index (χ3v) is 7.39. The van der Waals surface area contributed by atoms with Gasteiger partial charge >= 0.3 is 5.97 Å². The van der Waals surface area contributed by atoms with Crippen molar-refractivity contribution in [1.29, 1.82) is 0 Å². The number of carbonyl (C=O) groups excluding carboxylic acids is 2. The monoisotopic (exact) mass is 440 g/mol. The number of carbonyl (C=O) groups is 2. The molecule has 1 saturated heterocycles. The Balaban J connectivity index is 1.91. The van der Waals surface area contributed by atoms with E-state index in [1.54, 1.807) is 6.92 Å². The van der Waals surface area contributed by atoms with E-state index in [-0.39, 0.29) is 35.9 Å². The van der Waals surface area contributed by atoms with Gasteiger partial charge in [-0.1, -0.05) is 12.8 Å². The summed E-state index contributed by atoms with van der Waals surface area (Å²) in [6, 6.07) is 4.16. The number of esters is 1. The third kappa shape index (κ3) is 4.45. The number of rotatable bonds is 7. The number of sulfonamides is 1. The second kappa shape index (κ2) is 9.32. The maximum Gasteiger partial charge on any atom is 0.331 e. The highest BCUT2D eigenvalue weighted by Gasteiger charge is 2.44. The molecule has 3 rings (SSSR count). The van der Waals surface area contributed by atoms with Gasteiger partial charge in [0.2, 0.25) is 10.0 Å². The van der Waals surface area contributed by atoms with Crippen LogP contribution in [0.15, 0.2) is 23.1 Å². The minimum atomic E-state index is -3.78. The second-order valence-corrected chi connectivity index (χ2v) is 9.28. The van der Waals surface area contributed by atoms with Gasteiger partial charge in [-0.05, 0) is 38.0 Å². The smallest absolute Gasteiger partial charge is 0.331 e. The van der Waals surface area contributed by atoms with E-state index in [0.29, 0.717) is 26.1 Å². The Labute approximate surface area is 176 Å². The third-order valence-electron chi connectivity index (χ3n) is 5.50. The van der Waals surface area contributed by atoms with Gasteiger partial charge < -0.3 is 19.5 Å². The number of ether oxygens (including phenoxy) is 3. The Bertz CT molecular complexity index is 888. The first-order valence-corrected chi connectivity index (χ1v) is 11.5. The molecular formula is C20H28N2O7S. The van der Waals surface area contributed by atoms with Crippen molar-refractivity contribution in [1.82, 2.24) is 9.62 Å². The maximum absolute atomic E-state index is 13.1. The van der Waals surface area contributed by atoms with Crippen LogP contribution in [0.3, 0.4) is 0 Å². The Morgan fingerprint density at radius 1 is 1.20 bits per heavy atom. The predicted octanol–water partition coefficient (Wildman–Crippen LogP) is 1.32. The summed E-state index contributed by atoms with van der Waals surface area (Å²) in [5, 5.41) is 2.80. The fraction of sp³-hybridized carbons (Fsp3) is 0.600. The largest absolute Gasteiger partial charge is 0.496 e. The van der Waals surface area contributed by atoms with Crippen molar-refractivity contribution in [3.05, 3.63) is 23.8 Å². The summed E-state index contributed by atoms with van der Waals surface area (Å²) in [7, 11) is -2.38. The molecule has 1 aliphatic carbocycles. The van der Waals surface area contributed by atoms with Gasteiger partial charge in [0.25, 0.3) is 5.91 Å². The fourth-order valence-electron chi connectivity index (χ4n) is 3.87. The van der Waals surface area contributed by atoms with E-state index >= 15 is 0 Å². The Hall–Kier alpha value is -2.17. The van der Waals surface area contributed by atoms with Crippen LogP contribution in [0.2, 0.25) is 0 Å². The van der Waals surface area contributed by atoms with Gasteiger partial charge in [-0.15, -0.1) is 0 Å². The number of benzene rings is 1. The molecule has 1 aliphatic heterocycles. The number of nitrogens with one attached hydrogen (secondary N) is 1. The fourth-order valence-corrected chi connectivity index (χ4v) is 5.31. The molecule has 10 heteroatoms. The molecule has 1 aromatic rings. The molecule has 2 fully saturated rings. The predicted molar refractivity (Wildman–Crippen MR) is 108 cm³/mol. The summed E-state index contributed by atoms with van der Waals surface area (Å²) in [5.41, 5.74) is -1.04. The van der Waals surface area contributed by atoms with Gasteiger partial charge in [-0.25, -0.2) is 13.2 Å². The summed E-state index contributed by atoms with van der Waals surface area (Å²) in [6.45, 7) is 3.08. The van der Waals surface area contributed by atoms with Crippen molar-refractivity contribution in [2.75, 3.05) is 40.0 Å². The van der Waals surface area contributed by atoms with E-state index in [2.05, 4.69) is 5.32 Å². The number of nitrogens with zero attached hydrogens (tertiary/aromatic N) is 1. The van der Waals surface area contributed by atoms with E-state index in [0.717, 1.165) is 12.8 Å². The molecule has 0 spiro atoms. The average molecular weight is 441 g/mol. The zero-order chi connectivity index (χ0) is 21.8. The van der Waals surface area contributed by atoms with Gasteiger partial charge in [0.15, 0.2) is 0 Å². The lowest BCUT2D eigenvalue weighted by Crippen LogP contribution is -2.53. The van der Waals surface area contributed by atoms with E-state index in [9.17, 15) is 18.0 Å². The zero-order valence-electron chi connectivity index (χ0n) is 17.3. The second-order valence-electron chi connectivity index (χ2n) is 7.34. The van der Waals surface area contributed by atoms with Gasteiger partial charge in [0.1, 0.15) is 11.3 Å². The standard InChI is InChI=1S/C20H28N2O7S/c1-3-29-19(24)20(8-4-5-9-20)21-18(23)16-14-15(6-7-17(16)27-2)30(25,26)22-10-12-28-13-11-22/h6-7,14H,3-5,8-13H2,1-2H3,(H,21,23). The highest BCUT2D eigenvalue weighted by Crippen LogP contribution is 2.32. The van der Waals surface area contributed by atoms with Crippen molar-refractivity contribution in [2.24, 2.45) is 0 Å². The van der Waals surface area contributed by atoms with E-state index in [1.807, 2.05) is 0 Å². The first-order valence-electron chi connectivity index (χ1n) is 10.1. The molecule has 166 valence electrons. The lowest BCUT2D eigenvalue weighted by molar-refractivity contribution is -0.150. The summed E-state index contributed by atoms with van der Waals surface area (Å²) >= 11 is 0. The molecule has 0 bridgehead atoms. The number of morpholine rings is 1. The van der Waals surface area contributed by atoms with E-state index < -0.39 is 27.4 Å².